The molecule has 1 saturated carbocycles. The van der Waals surface area contributed by atoms with Crippen molar-refractivity contribution < 1.29 is 14.6 Å². The average Bonchev–Trinajstić information content (AvgIpc) is 2.46. The molecule has 2 rings (SSSR count). The van der Waals surface area contributed by atoms with Crippen LogP contribution in [0.1, 0.15) is 72.6 Å². The summed E-state index contributed by atoms with van der Waals surface area (Å²) in [6.45, 7) is 8.84. The number of hydrogen-bond acceptors (Lipinski definition) is 4. The molecule has 2 aliphatic rings. The molecule has 1 amide bonds. The van der Waals surface area contributed by atoms with Gasteiger partial charge in [-0.3, -0.25) is 0 Å². The second kappa shape index (κ2) is 6.60. The predicted octanol–water partition coefficient (Wildman–Crippen LogP) is 3.05. The molecule has 0 bridgehead atoms. The summed E-state index contributed by atoms with van der Waals surface area (Å²) < 4.78 is 5.48. The summed E-state index contributed by atoms with van der Waals surface area (Å²) in [7, 11) is 0. The van der Waals surface area contributed by atoms with Gasteiger partial charge in [0.2, 0.25) is 0 Å². The van der Waals surface area contributed by atoms with Gasteiger partial charge in [0.1, 0.15) is 5.60 Å². The van der Waals surface area contributed by atoms with Crippen LogP contribution in [-0.4, -0.2) is 45.9 Å². The lowest BCUT2D eigenvalue weighted by Crippen LogP contribution is -2.69. The van der Waals surface area contributed by atoms with Crippen LogP contribution in [0, 0.1) is 5.92 Å². The normalized spacial score (nSPS) is 35.9. The van der Waals surface area contributed by atoms with Crippen LogP contribution in [0.2, 0.25) is 0 Å². The lowest BCUT2D eigenvalue weighted by Gasteiger charge is -2.52. The number of piperidine rings is 1. The van der Waals surface area contributed by atoms with Gasteiger partial charge in [-0.1, -0.05) is 13.3 Å². The molecule has 0 spiro atoms. The molecule has 23 heavy (non-hydrogen) atoms. The van der Waals surface area contributed by atoms with Crippen molar-refractivity contribution in [2.75, 3.05) is 13.1 Å². The Morgan fingerprint density at radius 1 is 1.30 bits per heavy atom. The number of rotatable bonds is 2. The van der Waals surface area contributed by atoms with Gasteiger partial charge in [-0.25, -0.2) is 4.79 Å². The molecule has 5 nitrogen and oxygen atoms in total. The van der Waals surface area contributed by atoms with Crippen molar-refractivity contribution in [3.05, 3.63) is 0 Å². The van der Waals surface area contributed by atoms with E-state index < -0.39 is 16.7 Å². The molecule has 0 aromatic rings. The minimum atomic E-state index is -0.862. The summed E-state index contributed by atoms with van der Waals surface area (Å²) in [6.07, 6.45) is 5.95. The second-order valence-corrected chi connectivity index (χ2v) is 8.54. The van der Waals surface area contributed by atoms with E-state index >= 15 is 0 Å². The van der Waals surface area contributed by atoms with Gasteiger partial charge in [0.25, 0.3) is 0 Å². The van der Waals surface area contributed by atoms with Gasteiger partial charge in [0, 0.05) is 13.1 Å². The van der Waals surface area contributed by atoms with Crippen molar-refractivity contribution in [3.8, 4) is 0 Å². The van der Waals surface area contributed by atoms with Crippen LogP contribution in [0.4, 0.5) is 4.79 Å². The van der Waals surface area contributed by atoms with Crippen LogP contribution < -0.4 is 5.73 Å². The number of carbonyl (C=O) groups is 1. The highest BCUT2D eigenvalue weighted by atomic mass is 16.6. The molecule has 0 radical (unpaired) electrons. The molecule has 1 heterocycles. The van der Waals surface area contributed by atoms with Crippen molar-refractivity contribution >= 4 is 6.09 Å². The minimum absolute atomic E-state index is 0.321. The third-order valence-electron chi connectivity index (χ3n) is 5.61. The molecule has 2 fully saturated rings. The second-order valence-electron chi connectivity index (χ2n) is 8.54. The standard InChI is InChI=1S/C18H34N2O3/c1-5-14-7-10-18(22,11-8-14)17(19)9-6-12-20(13-17)15(21)23-16(2,3)4/h14,22H,5-13,19H2,1-4H3. The van der Waals surface area contributed by atoms with Crippen molar-refractivity contribution in [1.82, 2.24) is 4.90 Å². The average molecular weight is 326 g/mol. The molecule has 3 N–H and O–H groups in total. The smallest absolute Gasteiger partial charge is 0.410 e. The van der Waals surface area contributed by atoms with Crippen molar-refractivity contribution in [1.29, 1.82) is 0 Å². The highest BCUT2D eigenvalue weighted by molar-refractivity contribution is 5.68. The van der Waals surface area contributed by atoms with E-state index in [1.54, 1.807) is 4.90 Å². The lowest BCUT2D eigenvalue weighted by atomic mass is 9.65. The summed E-state index contributed by atoms with van der Waals surface area (Å²) in [5, 5.41) is 11.2. The molecule has 1 atom stereocenters. The molecule has 0 aromatic heterocycles. The number of hydrogen-bond donors (Lipinski definition) is 2. The number of carbonyl (C=O) groups excluding carboxylic acids is 1. The molecule has 1 aliphatic heterocycles. The predicted molar refractivity (Wildman–Crippen MR) is 91.2 cm³/mol. The van der Waals surface area contributed by atoms with Crippen LogP contribution in [-0.2, 0) is 4.74 Å². The topological polar surface area (TPSA) is 75.8 Å². The maximum atomic E-state index is 12.4. The third-order valence-corrected chi connectivity index (χ3v) is 5.61. The quantitative estimate of drug-likeness (QED) is 0.818. The van der Waals surface area contributed by atoms with Gasteiger partial charge in [0.05, 0.1) is 11.1 Å². The zero-order valence-corrected chi connectivity index (χ0v) is 15.2. The zero-order chi connectivity index (χ0) is 17.3. The Hall–Kier alpha value is -0.810. The molecule has 1 saturated heterocycles. The first-order valence-electron chi connectivity index (χ1n) is 9.08. The van der Waals surface area contributed by atoms with Crippen LogP contribution in [0.15, 0.2) is 0 Å². The summed E-state index contributed by atoms with van der Waals surface area (Å²) in [5.74, 6) is 0.699. The summed E-state index contributed by atoms with van der Waals surface area (Å²) in [4.78, 5) is 14.0. The van der Waals surface area contributed by atoms with E-state index in [2.05, 4.69) is 6.92 Å². The molecule has 134 valence electrons. The summed E-state index contributed by atoms with van der Waals surface area (Å²) >= 11 is 0. The fourth-order valence-electron chi connectivity index (χ4n) is 4.01. The number of aliphatic hydroxyl groups is 1. The van der Waals surface area contributed by atoms with Gasteiger partial charge < -0.3 is 20.5 Å². The molecule has 5 heteroatoms. The van der Waals surface area contributed by atoms with Gasteiger partial charge in [0.15, 0.2) is 0 Å². The van der Waals surface area contributed by atoms with Crippen molar-refractivity contribution in [2.45, 2.75) is 89.4 Å². The molecular formula is C18H34N2O3. The van der Waals surface area contributed by atoms with E-state index in [-0.39, 0.29) is 6.09 Å². The summed E-state index contributed by atoms with van der Waals surface area (Å²) in [6, 6.07) is 0. The Bertz CT molecular complexity index is 424. The first-order valence-corrected chi connectivity index (χ1v) is 9.08. The first kappa shape index (κ1) is 18.5. The highest BCUT2D eigenvalue weighted by Crippen LogP contribution is 2.42. The number of nitrogens with zero attached hydrogens (tertiary/aromatic N) is 1. The van der Waals surface area contributed by atoms with E-state index in [0.29, 0.717) is 19.0 Å². The maximum Gasteiger partial charge on any atom is 0.410 e. The maximum absolute atomic E-state index is 12.4. The zero-order valence-electron chi connectivity index (χ0n) is 15.2. The Morgan fingerprint density at radius 2 is 1.91 bits per heavy atom. The number of ether oxygens (including phenoxy) is 1. The highest BCUT2D eigenvalue weighted by Gasteiger charge is 2.51. The van der Waals surface area contributed by atoms with Crippen LogP contribution in [0.5, 0.6) is 0 Å². The molecule has 0 aromatic carbocycles. The van der Waals surface area contributed by atoms with E-state index in [1.807, 2.05) is 20.8 Å². The monoisotopic (exact) mass is 326 g/mol. The van der Waals surface area contributed by atoms with Crippen molar-refractivity contribution in [3.63, 3.8) is 0 Å². The Balaban J connectivity index is 2.05. The van der Waals surface area contributed by atoms with Crippen molar-refractivity contribution in [2.24, 2.45) is 11.7 Å². The largest absolute Gasteiger partial charge is 0.444 e. The fourth-order valence-corrected chi connectivity index (χ4v) is 4.01. The summed E-state index contributed by atoms with van der Waals surface area (Å²) in [5.41, 5.74) is 4.55. The first-order chi connectivity index (χ1) is 10.6. The fraction of sp³-hybridized carbons (Fsp3) is 0.944. The van der Waals surface area contributed by atoms with Crippen LogP contribution in [0.3, 0.4) is 0 Å². The Kier molecular flexibility index (Phi) is 5.31. The molecular weight excluding hydrogens is 292 g/mol. The number of likely N-dealkylation sites (tertiary alicyclic amines) is 1. The Labute approximate surface area is 140 Å². The van der Waals surface area contributed by atoms with Gasteiger partial charge >= 0.3 is 6.09 Å². The molecule has 1 unspecified atom stereocenters. The van der Waals surface area contributed by atoms with E-state index in [1.165, 1.54) is 0 Å². The SMILES string of the molecule is CCC1CCC(O)(C2(N)CCCN(C(=O)OC(C)(C)C)C2)CC1. The lowest BCUT2D eigenvalue weighted by molar-refractivity contribution is -0.0966. The van der Waals surface area contributed by atoms with Crippen LogP contribution >= 0.6 is 0 Å². The third kappa shape index (κ3) is 4.18. The minimum Gasteiger partial charge on any atom is -0.444 e. The van der Waals surface area contributed by atoms with Gasteiger partial charge in [-0.15, -0.1) is 0 Å². The van der Waals surface area contributed by atoms with Gasteiger partial charge in [-0.2, -0.15) is 0 Å². The number of nitrogens with two attached hydrogens (primary N) is 1. The molecule has 1 aliphatic carbocycles. The van der Waals surface area contributed by atoms with Gasteiger partial charge in [-0.05, 0) is 65.2 Å². The van der Waals surface area contributed by atoms with E-state index in [9.17, 15) is 9.90 Å². The van der Waals surface area contributed by atoms with E-state index in [0.717, 1.165) is 44.9 Å². The number of amides is 1. The van der Waals surface area contributed by atoms with Crippen LogP contribution in [0.25, 0.3) is 0 Å². The van der Waals surface area contributed by atoms with E-state index in [4.69, 9.17) is 10.5 Å². The Morgan fingerprint density at radius 3 is 2.43 bits per heavy atom.